The molecule has 24 heavy (non-hydrogen) atoms. The third-order valence-corrected chi connectivity index (χ3v) is 4.83. The van der Waals surface area contributed by atoms with Crippen LogP contribution in [0.1, 0.15) is 46.3 Å². The monoisotopic (exact) mass is 341 g/mol. The quantitative estimate of drug-likeness (QED) is 0.513. The standard InChI is InChI=1S/C20H23NO2S/c1-2-3-7-16-9-11-17(12-10-16)21-20(23)19-14-13-18(24-19)8-5-4-6-15-22/h4,6,9-15H,2-3,5,7-8H2,1H3,(H,21,23)/b6-4+. The SMILES string of the molecule is CCCCc1ccc(NC(=O)c2ccc(CC/C=C/C=O)s2)cc1. The molecular formula is C20H23NO2S. The van der Waals surface area contributed by atoms with Gasteiger partial charge < -0.3 is 5.32 Å². The van der Waals surface area contributed by atoms with E-state index in [1.54, 1.807) is 0 Å². The summed E-state index contributed by atoms with van der Waals surface area (Å²) >= 11 is 1.50. The van der Waals surface area contributed by atoms with Crippen molar-refractivity contribution < 1.29 is 9.59 Å². The number of unbranched alkanes of at least 4 members (excludes halogenated alkanes) is 1. The fourth-order valence-corrected chi connectivity index (χ4v) is 3.26. The molecule has 2 rings (SSSR count). The molecule has 1 amide bonds. The first kappa shape index (κ1) is 18.1. The van der Waals surface area contributed by atoms with Gasteiger partial charge in [-0.2, -0.15) is 0 Å². The molecule has 0 aliphatic carbocycles. The number of nitrogens with one attached hydrogen (secondary N) is 1. The van der Waals surface area contributed by atoms with E-state index in [1.165, 1.54) is 35.8 Å². The molecule has 0 aliphatic heterocycles. The van der Waals surface area contributed by atoms with Crippen molar-refractivity contribution >= 4 is 29.2 Å². The number of hydrogen-bond donors (Lipinski definition) is 1. The summed E-state index contributed by atoms with van der Waals surface area (Å²) in [7, 11) is 0. The smallest absolute Gasteiger partial charge is 0.265 e. The van der Waals surface area contributed by atoms with Crippen molar-refractivity contribution in [3.63, 3.8) is 0 Å². The van der Waals surface area contributed by atoms with E-state index in [-0.39, 0.29) is 5.91 Å². The van der Waals surface area contributed by atoms with Gasteiger partial charge >= 0.3 is 0 Å². The third kappa shape index (κ3) is 5.78. The first-order valence-corrected chi connectivity index (χ1v) is 9.14. The van der Waals surface area contributed by atoms with Crippen molar-refractivity contribution in [2.24, 2.45) is 0 Å². The summed E-state index contributed by atoms with van der Waals surface area (Å²) in [5, 5.41) is 2.94. The molecule has 4 heteroatoms. The highest BCUT2D eigenvalue weighted by Crippen LogP contribution is 2.20. The molecule has 0 aliphatic rings. The van der Waals surface area contributed by atoms with E-state index in [0.717, 1.165) is 36.1 Å². The van der Waals surface area contributed by atoms with Crippen LogP contribution in [0.3, 0.4) is 0 Å². The second-order valence-electron chi connectivity index (χ2n) is 5.62. The van der Waals surface area contributed by atoms with Gasteiger partial charge in [-0.15, -0.1) is 11.3 Å². The average Bonchev–Trinajstić information content (AvgIpc) is 3.07. The summed E-state index contributed by atoms with van der Waals surface area (Å²) in [6.07, 6.45) is 9.22. The van der Waals surface area contributed by atoms with Crippen LogP contribution < -0.4 is 5.32 Å². The molecule has 0 bridgehead atoms. The van der Waals surface area contributed by atoms with E-state index in [9.17, 15) is 9.59 Å². The van der Waals surface area contributed by atoms with Crippen molar-refractivity contribution in [2.75, 3.05) is 5.32 Å². The molecule has 0 atom stereocenters. The fraction of sp³-hybridized carbons (Fsp3) is 0.300. The van der Waals surface area contributed by atoms with Crippen LogP contribution in [0.5, 0.6) is 0 Å². The lowest BCUT2D eigenvalue weighted by Gasteiger charge is -2.05. The lowest BCUT2D eigenvalue weighted by atomic mass is 10.1. The highest BCUT2D eigenvalue weighted by Gasteiger charge is 2.09. The van der Waals surface area contributed by atoms with Gasteiger partial charge in [0, 0.05) is 10.6 Å². The molecule has 126 valence electrons. The highest BCUT2D eigenvalue weighted by molar-refractivity contribution is 7.14. The number of rotatable bonds is 9. The zero-order chi connectivity index (χ0) is 17.2. The second-order valence-corrected chi connectivity index (χ2v) is 6.79. The van der Waals surface area contributed by atoms with Crippen LogP contribution in [0, 0.1) is 0 Å². The van der Waals surface area contributed by atoms with Gasteiger partial charge in [0.15, 0.2) is 0 Å². The van der Waals surface area contributed by atoms with E-state index in [2.05, 4.69) is 24.4 Å². The van der Waals surface area contributed by atoms with Gasteiger partial charge in [-0.1, -0.05) is 31.6 Å². The molecule has 3 nitrogen and oxygen atoms in total. The summed E-state index contributed by atoms with van der Waals surface area (Å²) in [5.41, 5.74) is 2.13. The number of thiophene rings is 1. The number of benzene rings is 1. The maximum absolute atomic E-state index is 12.3. The van der Waals surface area contributed by atoms with Crippen molar-refractivity contribution in [1.82, 2.24) is 0 Å². The van der Waals surface area contributed by atoms with Gasteiger partial charge in [0.2, 0.25) is 0 Å². The number of anilines is 1. The minimum atomic E-state index is -0.0732. The largest absolute Gasteiger partial charge is 0.321 e. The lowest BCUT2D eigenvalue weighted by Crippen LogP contribution is -2.09. The summed E-state index contributed by atoms with van der Waals surface area (Å²) in [5.74, 6) is -0.0732. The number of hydrogen-bond acceptors (Lipinski definition) is 3. The Morgan fingerprint density at radius 2 is 1.92 bits per heavy atom. The van der Waals surface area contributed by atoms with E-state index >= 15 is 0 Å². The Kier molecular flexibility index (Phi) is 7.43. The number of aldehydes is 1. The topological polar surface area (TPSA) is 46.2 Å². The Balaban J connectivity index is 1.88. The molecule has 0 saturated heterocycles. The molecule has 1 aromatic heterocycles. The van der Waals surface area contributed by atoms with E-state index in [0.29, 0.717) is 4.88 Å². The highest BCUT2D eigenvalue weighted by atomic mass is 32.1. The molecular weight excluding hydrogens is 318 g/mol. The van der Waals surface area contributed by atoms with Gasteiger partial charge in [-0.3, -0.25) is 9.59 Å². The first-order chi connectivity index (χ1) is 11.7. The van der Waals surface area contributed by atoms with E-state index in [4.69, 9.17) is 0 Å². The molecule has 1 aromatic carbocycles. The van der Waals surface area contributed by atoms with Crippen LogP contribution in [0.15, 0.2) is 48.6 Å². The van der Waals surface area contributed by atoms with Crippen molar-refractivity contribution in [1.29, 1.82) is 0 Å². The fourth-order valence-electron chi connectivity index (χ4n) is 2.34. The number of aryl methyl sites for hydroxylation is 2. The maximum Gasteiger partial charge on any atom is 0.265 e. The predicted molar refractivity (Wildman–Crippen MR) is 101 cm³/mol. The van der Waals surface area contributed by atoms with E-state index < -0.39 is 0 Å². The first-order valence-electron chi connectivity index (χ1n) is 8.32. The van der Waals surface area contributed by atoms with Crippen LogP contribution in [0.2, 0.25) is 0 Å². The lowest BCUT2D eigenvalue weighted by molar-refractivity contribution is -0.104. The Morgan fingerprint density at radius 3 is 2.62 bits per heavy atom. The van der Waals surface area contributed by atoms with E-state index in [1.807, 2.05) is 30.3 Å². The number of amides is 1. The molecule has 0 unspecified atom stereocenters. The third-order valence-electron chi connectivity index (χ3n) is 3.69. The number of allylic oxidation sites excluding steroid dienone is 2. The van der Waals surface area contributed by atoms with Crippen LogP contribution >= 0.6 is 11.3 Å². The van der Waals surface area contributed by atoms with Crippen molar-refractivity contribution in [3.05, 3.63) is 63.9 Å². The van der Waals surface area contributed by atoms with Crippen LogP contribution in [0.4, 0.5) is 5.69 Å². The minimum Gasteiger partial charge on any atom is -0.321 e. The second kappa shape index (κ2) is 9.83. The Hall–Kier alpha value is -2.20. The maximum atomic E-state index is 12.3. The van der Waals surface area contributed by atoms with Gasteiger partial charge in [-0.25, -0.2) is 0 Å². The van der Waals surface area contributed by atoms with Crippen LogP contribution in [0.25, 0.3) is 0 Å². The number of carbonyl (C=O) groups is 2. The summed E-state index contributed by atoms with van der Waals surface area (Å²) in [6, 6.07) is 11.9. The Bertz CT molecular complexity index is 686. The predicted octanol–water partition coefficient (Wildman–Crippen LogP) is 5.03. The van der Waals surface area contributed by atoms with Crippen molar-refractivity contribution in [2.45, 2.75) is 39.0 Å². The minimum absolute atomic E-state index is 0.0732. The summed E-state index contributed by atoms with van der Waals surface area (Å²) in [6.45, 7) is 2.18. The zero-order valence-electron chi connectivity index (χ0n) is 14.0. The van der Waals surface area contributed by atoms with Gasteiger partial charge in [0.1, 0.15) is 6.29 Å². The zero-order valence-corrected chi connectivity index (χ0v) is 14.8. The molecule has 0 saturated carbocycles. The molecule has 0 spiro atoms. The summed E-state index contributed by atoms with van der Waals surface area (Å²) < 4.78 is 0. The molecule has 1 heterocycles. The number of carbonyl (C=O) groups excluding carboxylic acids is 2. The van der Waals surface area contributed by atoms with Gasteiger partial charge in [-0.05, 0) is 61.6 Å². The summed E-state index contributed by atoms with van der Waals surface area (Å²) in [4.78, 5) is 24.4. The molecule has 2 aromatic rings. The molecule has 1 N–H and O–H groups in total. The Labute approximate surface area is 147 Å². The Morgan fingerprint density at radius 1 is 1.12 bits per heavy atom. The van der Waals surface area contributed by atoms with Crippen molar-refractivity contribution in [3.8, 4) is 0 Å². The molecule has 0 radical (unpaired) electrons. The van der Waals surface area contributed by atoms with Gasteiger partial charge in [0.25, 0.3) is 5.91 Å². The average molecular weight is 341 g/mol. The van der Waals surface area contributed by atoms with Gasteiger partial charge in [0.05, 0.1) is 4.88 Å². The normalized spacial score (nSPS) is 10.9. The molecule has 0 fully saturated rings. The van der Waals surface area contributed by atoms with Crippen LogP contribution in [-0.2, 0) is 17.6 Å². The van der Waals surface area contributed by atoms with Crippen LogP contribution in [-0.4, -0.2) is 12.2 Å².